The zero-order valence-corrected chi connectivity index (χ0v) is 10.5. The number of ketones is 1. The van der Waals surface area contributed by atoms with Crippen molar-refractivity contribution in [1.29, 1.82) is 0 Å². The van der Waals surface area contributed by atoms with Crippen LogP contribution in [0.1, 0.15) is 23.7 Å². The minimum Gasteiger partial charge on any atom is -0.341 e. The van der Waals surface area contributed by atoms with Crippen LogP contribution in [0.15, 0.2) is 67.5 Å². The molecule has 0 aliphatic rings. The van der Waals surface area contributed by atoms with Crippen LogP contribution in [0.5, 0.6) is 0 Å². The Bertz CT molecular complexity index is 527. The van der Waals surface area contributed by atoms with E-state index in [-0.39, 0.29) is 5.78 Å². The molecule has 2 rings (SSSR count). The SMILES string of the molecule is C=CC[C@@](C)(C(=O)c1ccccc1)n1cccc1. The van der Waals surface area contributed by atoms with E-state index >= 15 is 0 Å². The number of hydrogen-bond acceptors (Lipinski definition) is 1. The molecule has 0 spiro atoms. The lowest BCUT2D eigenvalue weighted by molar-refractivity contribution is 0.0830. The fraction of sp³-hybridized carbons (Fsp3) is 0.188. The molecular formula is C16H17NO. The zero-order valence-electron chi connectivity index (χ0n) is 10.5. The first-order valence-electron chi connectivity index (χ1n) is 6.02. The maximum atomic E-state index is 12.7. The Balaban J connectivity index is 2.43. The number of Topliss-reactive ketones (excluding diaryl/α,β-unsaturated/α-hetero) is 1. The fourth-order valence-electron chi connectivity index (χ4n) is 2.16. The van der Waals surface area contributed by atoms with E-state index in [1.165, 1.54) is 0 Å². The molecule has 0 saturated carbocycles. The van der Waals surface area contributed by atoms with E-state index in [9.17, 15) is 4.79 Å². The smallest absolute Gasteiger partial charge is 0.188 e. The predicted octanol–water partition coefficient (Wildman–Crippen LogP) is 3.66. The molecule has 18 heavy (non-hydrogen) atoms. The standard InChI is InChI=1S/C16H17NO/c1-3-11-16(2,17-12-7-8-13-17)15(18)14-9-5-4-6-10-14/h3-10,12-13H,1,11H2,2H3/t16-/m0/s1. The lowest BCUT2D eigenvalue weighted by Gasteiger charge is -2.29. The Morgan fingerprint density at radius 2 is 1.83 bits per heavy atom. The van der Waals surface area contributed by atoms with Gasteiger partial charge in [0, 0.05) is 18.0 Å². The maximum absolute atomic E-state index is 12.7. The summed E-state index contributed by atoms with van der Waals surface area (Å²) in [6.07, 6.45) is 6.24. The Kier molecular flexibility index (Phi) is 3.47. The second kappa shape index (κ2) is 5.05. The van der Waals surface area contributed by atoms with Crippen molar-refractivity contribution in [3.63, 3.8) is 0 Å². The first-order valence-corrected chi connectivity index (χ1v) is 6.02. The van der Waals surface area contributed by atoms with Gasteiger partial charge in [-0.25, -0.2) is 0 Å². The van der Waals surface area contributed by atoms with Crippen LogP contribution < -0.4 is 0 Å². The summed E-state index contributed by atoms with van der Waals surface area (Å²) < 4.78 is 1.95. The highest BCUT2D eigenvalue weighted by atomic mass is 16.1. The molecule has 0 fully saturated rings. The van der Waals surface area contributed by atoms with Crippen molar-refractivity contribution < 1.29 is 4.79 Å². The van der Waals surface area contributed by atoms with Crippen LogP contribution in [0, 0.1) is 0 Å². The molecule has 2 nitrogen and oxygen atoms in total. The zero-order chi connectivity index (χ0) is 13.0. The van der Waals surface area contributed by atoms with Crippen LogP contribution in [-0.4, -0.2) is 10.4 Å². The normalized spacial score (nSPS) is 13.8. The van der Waals surface area contributed by atoms with Gasteiger partial charge in [0.05, 0.1) is 0 Å². The molecule has 0 unspecified atom stereocenters. The summed E-state index contributed by atoms with van der Waals surface area (Å²) in [5, 5.41) is 0. The number of rotatable bonds is 5. The summed E-state index contributed by atoms with van der Waals surface area (Å²) in [7, 11) is 0. The Labute approximate surface area is 108 Å². The molecule has 0 aliphatic heterocycles. The Morgan fingerprint density at radius 1 is 1.22 bits per heavy atom. The number of hydrogen-bond donors (Lipinski definition) is 0. The van der Waals surface area contributed by atoms with E-state index in [1.54, 1.807) is 6.08 Å². The van der Waals surface area contributed by atoms with Gasteiger partial charge in [0.2, 0.25) is 0 Å². The third-order valence-corrected chi connectivity index (χ3v) is 3.24. The second-order valence-corrected chi connectivity index (χ2v) is 4.55. The van der Waals surface area contributed by atoms with Gasteiger partial charge in [-0.05, 0) is 25.5 Å². The number of nitrogens with zero attached hydrogens (tertiary/aromatic N) is 1. The molecular weight excluding hydrogens is 222 g/mol. The molecule has 1 aromatic carbocycles. The molecule has 1 atom stereocenters. The highest BCUT2D eigenvalue weighted by Gasteiger charge is 2.33. The molecule has 0 N–H and O–H groups in total. The van der Waals surface area contributed by atoms with Crippen molar-refractivity contribution in [1.82, 2.24) is 4.57 Å². The molecule has 1 aromatic heterocycles. The van der Waals surface area contributed by atoms with Crippen molar-refractivity contribution in [2.75, 3.05) is 0 Å². The van der Waals surface area contributed by atoms with E-state index in [1.807, 2.05) is 66.3 Å². The Morgan fingerprint density at radius 3 is 2.39 bits per heavy atom. The number of carbonyl (C=O) groups excluding carboxylic acids is 1. The van der Waals surface area contributed by atoms with Crippen molar-refractivity contribution in [3.05, 3.63) is 73.1 Å². The van der Waals surface area contributed by atoms with Gasteiger partial charge in [-0.2, -0.15) is 0 Å². The average molecular weight is 239 g/mol. The highest BCUT2D eigenvalue weighted by Crippen LogP contribution is 2.26. The number of benzene rings is 1. The molecule has 0 aliphatic carbocycles. The predicted molar refractivity (Wildman–Crippen MR) is 73.7 cm³/mol. The average Bonchev–Trinajstić information content (AvgIpc) is 2.93. The second-order valence-electron chi connectivity index (χ2n) is 4.55. The number of carbonyl (C=O) groups is 1. The van der Waals surface area contributed by atoms with Gasteiger partial charge in [-0.15, -0.1) is 6.58 Å². The van der Waals surface area contributed by atoms with Crippen LogP contribution in [0.25, 0.3) is 0 Å². The van der Waals surface area contributed by atoms with E-state index in [2.05, 4.69) is 6.58 Å². The quantitative estimate of drug-likeness (QED) is 0.576. The Hall–Kier alpha value is -2.09. The van der Waals surface area contributed by atoms with Gasteiger partial charge in [0.25, 0.3) is 0 Å². The monoisotopic (exact) mass is 239 g/mol. The van der Waals surface area contributed by atoms with E-state index in [0.29, 0.717) is 6.42 Å². The van der Waals surface area contributed by atoms with Crippen molar-refractivity contribution in [2.45, 2.75) is 18.9 Å². The van der Waals surface area contributed by atoms with Gasteiger partial charge in [-0.1, -0.05) is 36.4 Å². The summed E-state index contributed by atoms with van der Waals surface area (Å²) >= 11 is 0. The third-order valence-electron chi connectivity index (χ3n) is 3.24. The summed E-state index contributed by atoms with van der Waals surface area (Å²) in [6, 6.07) is 13.3. The van der Waals surface area contributed by atoms with Crippen LogP contribution in [0.2, 0.25) is 0 Å². The van der Waals surface area contributed by atoms with Gasteiger partial charge in [0.15, 0.2) is 5.78 Å². The van der Waals surface area contributed by atoms with Crippen molar-refractivity contribution in [2.24, 2.45) is 0 Å². The first kappa shape index (κ1) is 12.4. The van der Waals surface area contributed by atoms with E-state index in [0.717, 1.165) is 5.56 Å². The fourth-order valence-corrected chi connectivity index (χ4v) is 2.16. The summed E-state index contributed by atoms with van der Waals surface area (Å²) in [5.74, 6) is 0.110. The number of allylic oxidation sites excluding steroid dienone is 1. The lowest BCUT2D eigenvalue weighted by atomic mass is 9.87. The molecule has 0 bridgehead atoms. The third kappa shape index (κ3) is 2.14. The molecule has 2 aromatic rings. The maximum Gasteiger partial charge on any atom is 0.188 e. The summed E-state index contributed by atoms with van der Waals surface area (Å²) in [4.78, 5) is 12.7. The molecule has 92 valence electrons. The minimum atomic E-state index is -0.605. The van der Waals surface area contributed by atoms with Gasteiger partial charge in [0.1, 0.15) is 5.54 Å². The largest absolute Gasteiger partial charge is 0.341 e. The topological polar surface area (TPSA) is 22.0 Å². The summed E-state index contributed by atoms with van der Waals surface area (Å²) in [5.41, 5.74) is 0.127. The van der Waals surface area contributed by atoms with Crippen LogP contribution in [-0.2, 0) is 5.54 Å². The van der Waals surface area contributed by atoms with Crippen LogP contribution >= 0.6 is 0 Å². The molecule has 2 heteroatoms. The van der Waals surface area contributed by atoms with E-state index < -0.39 is 5.54 Å². The van der Waals surface area contributed by atoms with Gasteiger partial charge < -0.3 is 4.57 Å². The van der Waals surface area contributed by atoms with Crippen LogP contribution in [0.3, 0.4) is 0 Å². The van der Waals surface area contributed by atoms with Crippen molar-refractivity contribution >= 4 is 5.78 Å². The lowest BCUT2D eigenvalue weighted by Crippen LogP contribution is -2.37. The van der Waals surface area contributed by atoms with Crippen molar-refractivity contribution in [3.8, 4) is 0 Å². The molecule has 0 saturated heterocycles. The van der Waals surface area contributed by atoms with Crippen LogP contribution in [0.4, 0.5) is 0 Å². The van der Waals surface area contributed by atoms with Gasteiger partial charge in [-0.3, -0.25) is 4.79 Å². The summed E-state index contributed by atoms with van der Waals surface area (Å²) in [6.45, 7) is 5.71. The molecule has 1 heterocycles. The molecule has 0 radical (unpaired) electrons. The van der Waals surface area contributed by atoms with E-state index in [4.69, 9.17) is 0 Å². The highest BCUT2D eigenvalue weighted by molar-refractivity contribution is 6.01. The first-order chi connectivity index (χ1) is 8.68. The minimum absolute atomic E-state index is 0.110. The van der Waals surface area contributed by atoms with Gasteiger partial charge >= 0.3 is 0 Å². The molecule has 0 amide bonds. The number of aromatic nitrogens is 1.